The molecule has 0 amide bonds. The molecule has 5 rings (SSSR count). The fourth-order valence-electron chi connectivity index (χ4n) is 4.98. The number of ether oxygens (including phenoxy) is 1. The van der Waals surface area contributed by atoms with E-state index in [1.54, 1.807) is 6.92 Å². The Hall–Kier alpha value is -3.28. The average Bonchev–Trinajstić information content (AvgIpc) is 3.23. The Morgan fingerprint density at radius 3 is 2.85 bits per heavy atom. The van der Waals surface area contributed by atoms with Crippen molar-refractivity contribution in [3.05, 3.63) is 52.9 Å². The highest BCUT2D eigenvalue weighted by Crippen LogP contribution is 2.36. The molecule has 2 aliphatic heterocycles. The molecule has 1 saturated heterocycles. The van der Waals surface area contributed by atoms with Crippen LogP contribution in [0, 0.1) is 11.3 Å². The fraction of sp³-hybridized carbons (Fsp3) is 0.400. The minimum absolute atomic E-state index is 0.0536. The summed E-state index contributed by atoms with van der Waals surface area (Å²) in [5, 5.41) is 15.4. The maximum absolute atomic E-state index is 12.9. The highest BCUT2D eigenvalue weighted by Gasteiger charge is 2.33. The van der Waals surface area contributed by atoms with E-state index in [2.05, 4.69) is 44.0 Å². The van der Waals surface area contributed by atoms with Gasteiger partial charge in [0.2, 0.25) is 0 Å². The summed E-state index contributed by atoms with van der Waals surface area (Å²) in [5.74, 6) is 1.21. The molecule has 9 heteroatoms. The molecule has 0 saturated carbocycles. The Kier molecular flexibility index (Phi) is 6.31. The van der Waals surface area contributed by atoms with Gasteiger partial charge in [0, 0.05) is 49.8 Å². The second-order valence-electron chi connectivity index (χ2n) is 8.57. The number of nitrogens with zero attached hydrogens (tertiary/aromatic N) is 5. The number of fused-ring (bicyclic) bond motifs is 2. The Balaban J connectivity index is 1.52. The van der Waals surface area contributed by atoms with Crippen molar-refractivity contribution in [2.75, 3.05) is 42.6 Å². The van der Waals surface area contributed by atoms with Gasteiger partial charge in [0.25, 0.3) is 0 Å². The topological polar surface area (TPSA) is 86.4 Å². The van der Waals surface area contributed by atoms with Gasteiger partial charge in [-0.05, 0) is 24.4 Å². The van der Waals surface area contributed by atoms with E-state index in [0.29, 0.717) is 38.4 Å². The number of carbonyl (C=O) groups is 1. The van der Waals surface area contributed by atoms with Gasteiger partial charge in [-0.25, -0.2) is 9.78 Å². The number of aromatic nitrogens is 2. The molecule has 1 N–H and O–H groups in total. The normalized spacial score (nSPS) is 18.0. The number of piperazine rings is 1. The third kappa shape index (κ3) is 4.06. The molecule has 0 bridgehead atoms. The molecule has 1 aromatic heterocycles. The van der Waals surface area contributed by atoms with Crippen LogP contribution < -0.4 is 15.1 Å². The highest BCUT2D eigenvalue weighted by atomic mass is 35.5. The number of esters is 1. The Morgan fingerprint density at radius 2 is 2.06 bits per heavy atom. The van der Waals surface area contributed by atoms with Crippen LogP contribution >= 0.6 is 11.6 Å². The predicted octanol–water partition coefficient (Wildman–Crippen LogP) is 3.58. The van der Waals surface area contributed by atoms with E-state index in [0.717, 1.165) is 52.8 Å². The molecule has 34 heavy (non-hydrogen) atoms. The number of carbonyl (C=O) groups excluding carboxylic acids is 1. The number of nitriles is 1. The minimum atomic E-state index is -0.408. The molecule has 1 fully saturated rings. The zero-order valence-electron chi connectivity index (χ0n) is 19.1. The number of imidazole rings is 1. The van der Waals surface area contributed by atoms with Crippen molar-refractivity contribution in [3.8, 4) is 6.07 Å². The van der Waals surface area contributed by atoms with Crippen LogP contribution in [0.5, 0.6) is 0 Å². The molecule has 0 unspecified atom stereocenters. The van der Waals surface area contributed by atoms with Crippen molar-refractivity contribution in [1.29, 1.82) is 5.26 Å². The first-order valence-electron chi connectivity index (χ1n) is 11.6. The largest absolute Gasteiger partial charge is 0.461 e. The van der Waals surface area contributed by atoms with Gasteiger partial charge in [-0.3, -0.25) is 0 Å². The van der Waals surface area contributed by atoms with Crippen LogP contribution in [0.15, 0.2) is 36.4 Å². The lowest BCUT2D eigenvalue weighted by Crippen LogP contribution is -2.51. The SMILES string of the molecule is CCOC(=O)c1nc2n(c1N1CCN[C@@H](CC#N)C1)CCN(c1cccc3cccc(Cl)c13)C2. The molecule has 2 aliphatic rings. The highest BCUT2D eigenvalue weighted by molar-refractivity contribution is 6.36. The molecule has 0 radical (unpaired) electrons. The first-order chi connectivity index (χ1) is 16.6. The van der Waals surface area contributed by atoms with Gasteiger partial charge in [0.05, 0.1) is 30.7 Å². The quantitative estimate of drug-likeness (QED) is 0.561. The van der Waals surface area contributed by atoms with E-state index in [9.17, 15) is 4.79 Å². The molecule has 176 valence electrons. The van der Waals surface area contributed by atoms with Crippen molar-refractivity contribution in [2.24, 2.45) is 0 Å². The average molecular weight is 479 g/mol. The molecular formula is C25H27ClN6O2. The van der Waals surface area contributed by atoms with Crippen molar-refractivity contribution >= 4 is 39.8 Å². The van der Waals surface area contributed by atoms with Gasteiger partial charge in [0.15, 0.2) is 5.69 Å². The molecule has 3 heterocycles. The molecule has 0 aliphatic carbocycles. The molecule has 2 aromatic carbocycles. The van der Waals surface area contributed by atoms with Gasteiger partial charge in [-0.1, -0.05) is 35.9 Å². The Bertz CT molecular complexity index is 1260. The number of hydrogen-bond acceptors (Lipinski definition) is 7. The monoisotopic (exact) mass is 478 g/mol. The van der Waals surface area contributed by atoms with E-state index in [4.69, 9.17) is 26.6 Å². The van der Waals surface area contributed by atoms with E-state index < -0.39 is 5.97 Å². The molecule has 8 nitrogen and oxygen atoms in total. The van der Waals surface area contributed by atoms with Crippen LogP contribution in [0.2, 0.25) is 5.02 Å². The smallest absolute Gasteiger partial charge is 0.360 e. The summed E-state index contributed by atoms with van der Waals surface area (Å²) in [7, 11) is 0. The summed E-state index contributed by atoms with van der Waals surface area (Å²) >= 11 is 6.58. The molecule has 3 aromatic rings. The van der Waals surface area contributed by atoms with Gasteiger partial charge in [-0.2, -0.15) is 5.26 Å². The summed E-state index contributed by atoms with van der Waals surface area (Å²) in [6, 6.07) is 14.4. The van der Waals surface area contributed by atoms with Crippen molar-refractivity contribution in [1.82, 2.24) is 14.9 Å². The lowest BCUT2D eigenvalue weighted by atomic mass is 10.1. The third-order valence-electron chi connectivity index (χ3n) is 6.48. The molecule has 1 atom stereocenters. The summed E-state index contributed by atoms with van der Waals surface area (Å²) in [6.07, 6.45) is 0.419. The van der Waals surface area contributed by atoms with Crippen molar-refractivity contribution in [2.45, 2.75) is 32.5 Å². The molecular weight excluding hydrogens is 452 g/mol. The van der Waals surface area contributed by atoms with Crippen molar-refractivity contribution in [3.63, 3.8) is 0 Å². The maximum atomic E-state index is 12.9. The Labute approximate surface area is 203 Å². The first kappa shape index (κ1) is 22.5. The van der Waals surface area contributed by atoms with E-state index >= 15 is 0 Å². The number of nitrogens with one attached hydrogen (secondary N) is 1. The van der Waals surface area contributed by atoms with Gasteiger partial charge < -0.3 is 24.4 Å². The predicted molar refractivity (Wildman–Crippen MR) is 132 cm³/mol. The number of rotatable bonds is 5. The van der Waals surface area contributed by atoms with E-state index in [-0.39, 0.29) is 6.04 Å². The second-order valence-corrected chi connectivity index (χ2v) is 8.98. The summed E-state index contributed by atoms with van der Waals surface area (Å²) < 4.78 is 7.50. The lowest BCUT2D eigenvalue weighted by Gasteiger charge is -2.37. The zero-order valence-corrected chi connectivity index (χ0v) is 19.9. The van der Waals surface area contributed by atoms with E-state index in [1.165, 1.54) is 0 Å². The maximum Gasteiger partial charge on any atom is 0.360 e. The third-order valence-corrected chi connectivity index (χ3v) is 6.79. The Morgan fingerprint density at radius 1 is 1.24 bits per heavy atom. The summed E-state index contributed by atoms with van der Waals surface area (Å²) in [5.41, 5.74) is 1.42. The van der Waals surface area contributed by atoms with Crippen LogP contribution in [0.25, 0.3) is 10.8 Å². The fourth-order valence-corrected chi connectivity index (χ4v) is 5.26. The van der Waals surface area contributed by atoms with Crippen molar-refractivity contribution < 1.29 is 9.53 Å². The standard InChI is InChI=1S/C25H27ClN6O2/c1-2-34-25(33)23-24(31-12-11-28-18(15-31)9-10-27)32-14-13-30(16-21(32)29-23)20-8-4-6-17-5-3-7-19(26)22(17)20/h3-8,18,28H,2,9,11-16H2,1H3/t18-/m0/s1. The first-order valence-corrected chi connectivity index (χ1v) is 12.0. The lowest BCUT2D eigenvalue weighted by molar-refractivity contribution is 0.0520. The minimum Gasteiger partial charge on any atom is -0.461 e. The summed E-state index contributed by atoms with van der Waals surface area (Å²) in [4.78, 5) is 22.1. The van der Waals surface area contributed by atoms with Crippen LogP contribution in [-0.2, 0) is 17.8 Å². The number of halogens is 1. The van der Waals surface area contributed by atoms with Gasteiger partial charge in [0.1, 0.15) is 11.6 Å². The number of anilines is 2. The van der Waals surface area contributed by atoms with Crippen LogP contribution in [-0.4, -0.2) is 54.3 Å². The van der Waals surface area contributed by atoms with E-state index in [1.807, 2.05) is 18.2 Å². The molecule has 0 spiro atoms. The second kappa shape index (κ2) is 9.53. The van der Waals surface area contributed by atoms with Crippen LogP contribution in [0.4, 0.5) is 11.5 Å². The van der Waals surface area contributed by atoms with Crippen LogP contribution in [0.1, 0.15) is 29.7 Å². The number of benzene rings is 2. The number of hydrogen-bond donors (Lipinski definition) is 1. The zero-order chi connectivity index (χ0) is 23.7. The van der Waals surface area contributed by atoms with Gasteiger partial charge >= 0.3 is 5.97 Å². The van der Waals surface area contributed by atoms with Gasteiger partial charge in [-0.15, -0.1) is 0 Å². The van der Waals surface area contributed by atoms with Crippen LogP contribution in [0.3, 0.4) is 0 Å². The summed E-state index contributed by atoms with van der Waals surface area (Å²) in [6.45, 7) is 6.23.